The lowest BCUT2D eigenvalue weighted by Crippen LogP contribution is -2.49. The maximum absolute atomic E-state index is 15.5. The number of nitrogens with zero attached hydrogens (tertiary/aromatic N) is 1. The summed E-state index contributed by atoms with van der Waals surface area (Å²) in [4.78, 5) is 15.3. The van der Waals surface area contributed by atoms with E-state index in [-0.39, 0.29) is 23.8 Å². The van der Waals surface area contributed by atoms with Crippen molar-refractivity contribution in [1.29, 1.82) is 0 Å². The van der Waals surface area contributed by atoms with Gasteiger partial charge in [-0.25, -0.2) is 8.78 Å². The van der Waals surface area contributed by atoms with Crippen molar-refractivity contribution in [2.24, 2.45) is 17.8 Å². The Bertz CT molecular complexity index is 827. The van der Waals surface area contributed by atoms with Gasteiger partial charge in [-0.1, -0.05) is 44.9 Å². The molecule has 0 aliphatic heterocycles. The topological polar surface area (TPSA) is 29.5 Å². The van der Waals surface area contributed by atoms with Gasteiger partial charge in [0.2, 0.25) is 0 Å². The van der Waals surface area contributed by atoms with E-state index >= 15 is 4.39 Å². The second-order valence-corrected chi connectivity index (χ2v) is 11.9. The smallest absolute Gasteiger partial charge is 0.306 e. The molecule has 3 aliphatic carbocycles. The molecule has 0 saturated heterocycles. The van der Waals surface area contributed by atoms with E-state index in [1.54, 1.807) is 13.0 Å². The molecule has 5 heteroatoms. The number of carbonyl (C=O) groups excluding carboxylic acids is 1. The molecule has 1 aromatic rings. The Hall–Kier alpha value is -1.49. The summed E-state index contributed by atoms with van der Waals surface area (Å²) >= 11 is 0. The Labute approximate surface area is 217 Å². The Morgan fingerprint density at radius 3 is 2.06 bits per heavy atom. The third kappa shape index (κ3) is 7.08. The van der Waals surface area contributed by atoms with Crippen molar-refractivity contribution in [3.8, 4) is 0 Å². The fourth-order valence-electron chi connectivity index (χ4n) is 7.48. The van der Waals surface area contributed by atoms with Gasteiger partial charge in [0.05, 0.1) is 6.61 Å². The summed E-state index contributed by atoms with van der Waals surface area (Å²) in [6, 6.07) is 2.97. The maximum Gasteiger partial charge on any atom is 0.306 e. The number of aryl methyl sites for hydroxylation is 1. The summed E-state index contributed by atoms with van der Waals surface area (Å²) in [5, 5.41) is 0. The number of carbonyl (C=O) groups is 1. The van der Waals surface area contributed by atoms with E-state index in [2.05, 4.69) is 4.90 Å². The van der Waals surface area contributed by atoms with Crippen molar-refractivity contribution in [1.82, 2.24) is 4.90 Å². The molecule has 3 unspecified atom stereocenters. The van der Waals surface area contributed by atoms with Gasteiger partial charge in [-0.3, -0.25) is 9.69 Å². The van der Waals surface area contributed by atoms with Gasteiger partial charge in [-0.15, -0.1) is 0 Å². The third-order valence-electron chi connectivity index (χ3n) is 9.27. The predicted molar refractivity (Wildman–Crippen MR) is 141 cm³/mol. The van der Waals surface area contributed by atoms with Gasteiger partial charge in [0.25, 0.3) is 0 Å². The highest BCUT2D eigenvalue weighted by molar-refractivity contribution is 5.69. The fourth-order valence-corrected chi connectivity index (χ4v) is 7.48. The lowest BCUT2D eigenvalue weighted by molar-refractivity contribution is -0.145. The predicted octanol–water partition coefficient (Wildman–Crippen LogP) is 7.94. The van der Waals surface area contributed by atoms with Crippen molar-refractivity contribution in [2.45, 2.75) is 116 Å². The van der Waals surface area contributed by atoms with Gasteiger partial charge in [-0.2, -0.15) is 0 Å². The normalized spacial score (nSPS) is 26.3. The highest BCUT2D eigenvalue weighted by atomic mass is 19.1. The third-order valence-corrected chi connectivity index (χ3v) is 9.27. The van der Waals surface area contributed by atoms with Gasteiger partial charge < -0.3 is 4.74 Å². The van der Waals surface area contributed by atoms with Gasteiger partial charge in [0, 0.05) is 37.5 Å². The van der Waals surface area contributed by atoms with Crippen LogP contribution in [0.5, 0.6) is 0 Å². The summed E-state index contributed by atoms with van der Waals surface area (Å²) in [6.45, 7) is 6.06. The van der Waals surface area contributed by atoms with E-state index < -0.39 is 11.6 Å². The summed E-state index contributed by atoms with van der Waals surface area (Å²) in [5.74, 6) is 0.155. The van der Waals surface area contributed by atoms with Crippen LogP contribution in [-0.2, 0) is 9.53 Å². The molecule has 3 fully saturated rings. The minimum atomic E-state index is -0.494. The van der Waals surface area contributed by atoms with Crippen LogP contribution in [0.1, 0.15) is 114 Å². The number of benzene rings is 1. The van der Waals surface area contributed by atoms with E-state index in [1.165, 1.54) is 64.2 Å². The van der Waals surface area contributed by atoms with Crippen LogP contribution in [0.15, 0.2) is 12.1 Å². The van der Waals surface area contributed by atoms with E-state index in [0.29, 0.717) is 36.0 Å². The van der Waals surface area contributed by atoms with Crippen LogP contribution in [-0.4, -0.2) is 36.6 Å². The summed E-state index contributed by atoms with van der Waals surface area (Å²) < 4.78 is 35.1. The van der Waals surface area contributed by atoms with Crippen molar-refractivity contribution >= 4 is 5.97 Å². The average molecular weight is 504 g/mol. The molecule has 0 heterocycles. The molecule has 3 atom stereocenters. The number of hydrogen-bond donors (Lipinski definition) is 0. The van der Waals surface area contributed by atoms with Crippen LogP contribution < -0.4 is 0 Å². The molecular formula is C31H47F2NO2. The first-order chi connectivity index (χ1) is 17.5. The lowest BCUT2D eigenvalue weighted by atomic mass is 9.69. The number of esters is 1. The van der Waals surface area contributed by atoms with E-state index in [0.717, 1.165) is 38.4 Å². The van der Waals surface area contributed by atoms with Crippen LogP contribution in [0.25, 0.3) is 0 Å². The summed E-state index contributed by atoms with van der Waals surface area (Å²) in [6.07, 6.45) is 16.3. The highest BCUT2D eigenvalue weighted by Crippen LogP contribution is 2.45. The minimum absolute atomic E-state index is 0.0161. The van der Waals surface area contributed by atoms with E-state index in [4.69, 9.17) is 4.74 Å². The standard InChI is InChI=1S/C31H47F2NO2/c1-3-36-30(35)18-25-15-10-16-29(31(25)26-17-22(2)27(32)19-28(26)33)34(20-23-11-6-4-7-12-23)21-24-13-8-5-9-14-24/h17,19,23-25,29,31H,3-16,18,20-21H2,1-2H3. The van der Waals surface area contributed by atoms with E-state index in [9.17, 15) is 9.18 Å². The number of rotatable bonds is 9. The maximum atomic E-state index is 15.5. The lowest BCUT2D eigenvalue weighted by Gasteiger charge is -2.47. The van der Waals surface area contributed by atoms with E-state index in [1.807, 2.05) is 6.92 Å². The summed E-state index contributed by atoms with van der Waals surface area (Å²) in [5.41, 5.74) is 1.09. The molecule has 0 spiro atoms. The average Bonchev–Trinajstić information content (AvgIpc) is 2.87. The summed E-state index contributed by atoms with van der Waals surface area (Å²) in [7, 11) is 0. The molecule has 3 nitrogen and oxygen atoms in total. The SMILES string of the molecule is CCOC(=O)CC1CCCC(N(CC2CCCCC2)CC2CCCCC2)C1c1cc(C)c(F)cc1F. The molecule has 0 radical (unpaired) electrons. The zero-order valence-electron chi connectivity index (χ0n) is 22.6. The minimum Gasteiger partial charge on any atom is -0.466 e. The Balaban J connectivity index is 1.67. The van der Waals surface area contributed by atoms with Crippen LogP contribution in [0.2, 0.25) is 0 Å². The highest BCUT2D eigenvalue weighted by Gasteiger charge is 2.41. The first-order valence-corrected chi connectivity index (χ1v) is 14.8. The number of hydrogen-bond acceptors (Lipinski definition) is 3. The van der Waals surface area contributed by atoms with Crippen LogP contribution in [0.3, 0.4) is 0 Å². The van der Waals surface area contributed by atoms with Gasteiger partial charge in [0.15, 0.2) is 0 Å². The van der Waals surface area contributed by atoms with Gasteiger partial charge in [0.1, 0.15) is 11.6 Å². The van der Waals surface area contributed by atoms with Crippen LogP contribution in [0, 0.1) is 36.3 Å². The van der Waals surface area contributed by atoms with Crippen LogP contribution in [0.4, 0.5) is 8.78 Å². The number of ether oxygens (including phenoxy) is 1. The zero-order chi connectivity index (χ0) is 25.5. The molecule has 36 heavy (non-hydrogen) atoms. The molecule has 3 aliphatic rings. The van der Waals surface area contributed by atoms with Crippen molar-refractivity contribution in [3.63, 3.8) is 0 Å². The Morgan fingerprint density at radius 1 is 0.861 bits per heavy atom. The first-order valence-electron chi connectivity index (χ1n) is 14.8. The van der Waals surface area contributed by atoms with Crippen LogP contribution >= 0.6 is 0 Å². The Morgan fingerprint density at radius 2 is 1.47 bits per heavy atom. The molecule has 1 aromatic carbocycles. The Kier molecular flexibility index (Phi) is 10.2. The quantitative estimate of drug-likeness (QED) is 0.320. The number of halogens is 2. The molecule has 0 bridgehead atoms. The van der Waals surface area contributed by atoms with Gasteiger partial charge >= 0.3 is 5.97 Å². The van der Waals surface area contributed by atoms with Crippen molar-refractivity contribution in [2.75, 3.05) is 19.7 Å². The molecule has 0 aromatic heterocycles. The largest absolute Gasteiger partial charge is 0.466 e. The van der Waals surface area contributed by atoms with Gasteiger partial charge in [-0.05, 0) is 87.3 Å². The van der Waals surface area contributed by atoms with Crippen molar-refractivity contribution < 1.29 is 18.3 Å². The van der Waals surface area contributed by atoms with Crippen molar-refractivity contribution in [3.05, 3.63) is 34.9 Å². The second-order valence-electron chi connectivity index (χ2n) is 11.9. The molecular weight excluding hydrogens is 456 g/mol. The second kappa shape index (κ2) is 13.3. The molecule has 202 valence electrons. The monoisotopic (exact) mass is 503 g/mol. The zero-order valence-corrected chi connectivity index (χ0v) is 22.6. The first kappa shape index (κ1) is 27.5. The molecule has 0 amide bonds. The molecule has 3 saturated carbocycles. The molecule has 4 rings (SSSR count). The fraction of sp³-hybridized carbons (Fsp3) is 0.774. The molecule has 0 N–H and O–H groups in total.